The number of hydrogen-bond donors (Lipinski definition) is 2. The zero-order valence-electron chi connectivity index (χ0n) is 14.5. The fraction of sp³-hybridized carbons (Fsp3) is 0.0476. The van der Waals surface area contributed by atoms with Crippen molar-refractivity contribution in [3.8, 4) is 0 Å². The van der Waals surface area contributed by atoms with Gasteiger partial charge in [0.25, 0.3) is 5.91 Å². The quantitative estimate of drug-likeness (QED) is 0.568. The molecule has 6 nitrogen and oxygen atoms in total. The van der Waals surface area contributed by atoms with Gasteiger partial charge in [-0.25, -0.2) is 9.97 Å². The van der Waals surface area contributed by atoms with E-state index in [2.05, 4.69) is 25.6 Å². The molecule has 2 N–H and O–H groups in total. The number of carbonyl (C=O) groups excluding carboxylic acids is 1. The Bertz CT molecular complexity index is 1060. The van der Waals surface area contributed by atoms with Crippen LogP contribution in [0.5, 0.6) is 0 Å². The van der Waals surface area contributed by atoms with E-state index in [9.17, 15) is 4.79 Å². The lowest BCUT2D eigenvalue weighted by Crippen LogP contribution is -2.14. The highest BCUT2D eigenvalue weighted by Gasteiger charge is 2.10. The van der Waals surface area contributed by atoms with Crippen molar-refractivity contribution in [1.82, 2.24) is 15.0 Å². The fourth-order valence-corrected chi connectivity index (χ4v) is 2.71. The molecule has 2 aromatic carbocycles. The van der Waals surface area contributed by atoms with Crippen molar-refractivity contribution in [2.75, 3.05) is 10.6 Å². The zero-order chi connectivity index (χ0) is 18.5. The van der Waals surface area contributed by atoms with E-state index in [0.29, 0.717) is 23.7 Å². The van der Waals surface area contributed by atoms with Gasteiger partial charge in [0.15, 0.2) is 0 Å². The number of nitrogens with zero attached hydrogens (tertiary/aromatic N) is 3. The van der Waals surface area contributed by atoms with Gasteiger partial charge in [0, 0.05) is 30.5 Å². The Kier molecular flexibility index (Phi) is 4.70. The van der Waals surface area contributed by atoms with Crippen LogP contribution in [0, 0.1) is 0 Å². The number of para-hydroxylation sites is 1. The van der Waals surface area contributed by atoms with E-state index >= 15 is 0 Å². The molecule has 0 bridgehead atoms. The van der Waals surface area contributed by atoms with Gasteiger partial charge in [-0.15, -0.1) is 0 Å². The summed E-state index contributed by atoms with van der Waals surface area (Å²) >= 11 is 0. The molecule has 0 aliphatic carbocycles. The Labute approximate surface area is 156 Å². The molecule has 6 heteroatoms. The van der Waals surface area contributed by atoms with E-state index in [0.717, 1.165) is 16.5 Å². The van der Waals surface area contributed by atoms with Crippen molar-refractivity contribution in [1.29, 1.82) is 0 Å². The largest absolute Gasteiger partial charge is 0.350 e. The lowest BCUT2D eigenvalue weighted by atomic mass is 10.2. The van der Waals surface area contributed by atoms with Gasteiger partial charge in [-0.3, -0.25) is 9.78 Å². The number of carbonyl (C=O) groups is 1. The van der Waals surface area contributed by atoms with Crippen LogP contribution < -0.4 is 10.6 Å². The summed E-state index contributed by atoms with van der Waals surface area (Å²) < 4.78 is 0. The third kappa shape index (κ3) is 3.90. The van der Waals surface area contributed by atoms with Crippen LogP contribution in [0.4, 0.5) is 11.6 Å². The predicted molar refractivity (Wildman–Crippen MR) is 105 cm³/mol. The number of nitrogens with one attached hydrogen (secondary N) is 2. The van der Waals surface area contributed by atoms with Crippen molar-refractivity contribution in [2.24, 2.45) is 0 Å². The first kappa shape index (κ1) is 16.7. The molecule has 0 radical (unpaired) electrons. The average molecular weight is 355 g/mol. The molecule has 2 aromatic heterocycles. The smallest absolute Gasteiger partial charge is 0.258 e. The van der Waals surface area contributed by atoms with Gasteiger partial charge >= 0.3 is 0 Å². The third-order valence-corrected chi connectivity index (χ3v) is 4.09. The van der Waals surface area contributed by atoms with Crippen LogP contribution in [0.3, 0.4) is 0 Å². The monoisotopic (exact) mass is 355 g/mol. The first-order valence-corrected chi connectivity index (χ1v) is 8.54. The molecule has 0 fully saturated rings. The SMILES string of the molecule is O=C(Nc1cccc2cccnc12)c1cnc(NCc2ccccc2)nc1. The number of aromatic nitrogens is 3. The highest BCUT2D eigenvalue weighted by Crippen LogP contribution is 2.21. The van der Waals surface area contributed by atoms with Gasteiger partial charge in [0.05, 0.1) is 16.8 Å². The topological polar surface area (TPSA) is 79.8 Å². The summed E-state index contributed by atoms with van der Waals surface area (Å²) in [5, 5.41) is 6.98. The Morgan fingerprint density at radius 1 is 0.852 bits per heavy atom. The van der Waals surface area contributed by atoms with Crippen LogP contribution in [0.2, 0.25) is 0 Å². The molecule has 4 aromatic rings. The zero-order valence-corrected chi connectivity index (χ0v) is 14.5. The summed E-state index contributed by atoms with van der Waals surface area (Å²) in [6.07, 6.45) is 4.72. The number of pyridine rings is 1. The highest BCUT2D eigenvalue weighted by atomic mass is 16.1. The van der Waals surface area contributed by atoms with Gasteiger partial charge in [0.1, 0.15) is 0 Å². The summed E-state index contributed by atoms with van der Waals surface area (Å²) in [5.74, 6) is 0.199. The number of amides is 1. The standard InChI is InChI=1S/C21H17N5O/c27-20(26-18-10-4-8-16-9-5-11-22-19(16)18)17-13-24-21(25-14-17)23-12-15-6-2-1-3-7-15/h1-11,13-14H,12H2,(H,26,27)(H,23,24,25). The summed E-state index contributed by atoms with van der Waals surface area (Å²) in [6, 6.07) is 19.4. The maximum absolute atomic E-state index is 12.5. The molecule has 1 amide bonds. The second kappa shape index (κ2) is 7.61. The van der Waals surface area contributed by atoms with Gasteiger partial charge < -0.3 is 10.6 Å². The van der Waals surface area contributed by atoms with Gasteiger partial charge in [-0.2, -0.15) is 0 Å². The van der Waals surface area contributed by atoms with Crippen molar-refractivity contribution >= 4 is 28.4 Å². The lowest BCUT2D eigenvalue weighted by Gasteiger charge is -2.08. The number of rotatable bonds is 5. The molecule has 27 heavy (non-hydrogen) atoms. The van der Waals surface area contributed by atoms with Crippen LogP contribution in [0.25, 0.3) is 10.9 Å². The number of fused-ring (bicyclic) bond motifs is 1. The molecular formula is C21H17N5O. The first-order valence-electron chi connectivity index (χ1n) is 8.54. The Morgan fingerprint density at radius 2 is 1.63 bits per heavy atom. The van der Waals surface area contributed by atoms with E-state index in [1.807, 2.05) is 60.7 Å². The molecule has 0 spiro atoms. The second-order valence-corrected chi connectivity index (χ2v) is 5.97. The van der Waals surface area contributed by atoms with Gasteiger partial charge in [-0.1, -0.05) is 48.5 Å². The molecule has 0 aliphatic heterocycles. The summed E-state index contributed by atoms with van der Waals surface area (Å²) in [4.78, 5) is 25.3. The van der Waals surface area contributed by atoms with Crippen molar-refractivity contribution in [3.05, 3.63) is 90.4 Å². The third-order valence-electron chi connectivity index (χ3n) is 4.09. The molecule has 4 rings (SSSR count). The number of benzene rings is 2. The first-order chi connectivity index (χ1) is 13.3. The van der Waals surface area contributed by atoms with E-state index in [1.54, 1.807) is 6.20 Å². The average Bonchev–Trinajstić information content (AvgIpc) is 2.74. The minimum Gasteiger partial charge on any atom is -0.350 e. The molecule has 0 saturated carbocycles. The predicted octanol–water partition coefficient (Wildman–Crippen LogP) is 3.89. The molecule has 132 valence electrons. The molecule has 2 heterocycles. The highest BCUT2D eigenvalue weighted by molar-refractivity contribution is 6.08. The fourth-order valence-electron chi connectivity index (χ4n) is 2.71. The molecule has 0 unspecified atom stereocenters. The second-order valence-electron chi connectivity index (χ2n) is 5.97. The maximum Gasteiger partial charge on any atom is 0.258 e. The summed E-state index contributed by atoms with van der Waals surface area (Å²) in [7, 11) is 0. The van der Waals surface area contributed by atoms with Crippen LogP contribution >= 0.6 is 0 Å². The normalized spacial score (nSPS) is 10.5. The van der Waals surface area contributed by atoms with Crippen LogP contribution in [-0.2, 0) is 6.54 Å². The van der Waals surface area contributed by atoms with Crippen molar-refractivity contribution in [2.45, 2.75) is 6.54 Å². The summed E-state index contributed by atoms with van der Waals surface area (Å²) in [6.45, 7) is 0.619. The minimum absolute atomic E-state index is 0.275. The van der Waals surface area contributed by atoms with Crippen LogP contribution in [0.1, 0.15) is 15.9 Å². The molecule has 0 saturated heterocycles. The number of hydrogen-bond acceptors (Lipinski definition) is 5. The molecule has 0 aliphatic rings. The van der Waals surface area contributed by atoms with E-state index in [4.69, 9.17) is 0 Å². The van der Waals surface area contributed by atoms with Crippen LogP contribution in [-0.4, -0.2) is 20.9 Å². The Balaban J connectivity index is 1.44. The lowest BCUT2D eigenvalue weighted by molar-refractivity contribution is 0.102. The Hall–Kier alpha value is -3.80. The van der Waals surface area contributed by atoms with Gasteiger partial charge in [-0.05, 0) is 17.7 Å². The maximum atomic E-state index is 12.5. The van der Waals surface area contributed by atoms with E-state index < -0.39 is 0 Å². The van der Waals surface area contributed by atoms with Crippen molar-refractivity contribution < 1.29 is 4.79 Å². The van der Waals surface area contributed by atoms with E-state index in [1.165, 1.54) is 12.4 Å². The Morgan fingerprint density at radius 3 is 2.44 bits per heavy atom. The van der Waals surface area contributed by atoms with Crippen LogP contribution in [0.15, 0.2) is 79.3 Å². The summed E-state index contributed by atoms with van der Waals surface area (Å²) in [5.41, 5.74) is 2.92. The minimum atomic E-state index is -0.275. The van der Waals surface area contributed by atoms with Crippen molar-refractivity contribution in [3.63, 3.8) is 0 Å². The van der Waals surface area contributed by atoms with Gasteiger partial charge in [0.2, 0.25) is 5.95 Å². The molecule has 0 atom stereocenters. The molecular weight excluding hydrogens is 338 g/mol. The number of anilines is 2. The van der Waals surface area contributed by atoms with E-state index in [-0.39, 0.29) is 5.91 Å².